The first-order valence-corrected chi connectivity index (χ1v) is 11.6. The van der Waals surface area contributed by atoms with Gasteiger partial charge in [0.1, 0.15) is 17.4 Å². The first kappa shape index (κ1) is 21.8. The van der Waals surface area contributed by atoms with E-state index in [9.17, 15) is 0 Å². The third kappa shape index (κ3) is 4.66. The number of fused-ring (bicyclic) bond motifs is 1. The first-order chi connectivity index (χ1) is 16.6. The van der Waals surface area contributed by atoms with E-state index in [4.69, 9.17) is 14.7 Å². The molecule has 0 aliphatic carbocycles. The first-order valence-electron chi connectivity index (χ1n) is 11.6. The molecular formula is C28H29N5O. The molecule has 0 fully saturated rings. The molecule has 3 aromatic carbocycles. The Hall–Kier alpha value is -4.06. The van der Waals surface area contributed by atoms with E-state index in [0.717, 1.165) is 48.1 Å². The molecule has 0 saturated carbocycles. The molecule has 2 N–H and O–H groups in total. The minimum absolute atomic E-state index is 0.540. The summed E-state index contributed by atoms with van der Waals surface area (Å²) in [4.78, 5) is 12.0. The van der Waals surface area contributed by atoms with Gasteiger partial charge < -0.3 is 20.3 Å². The topological polar surface area (TPSA) is 62.3 Å². The molecular weight excluding hydrogens is 422 g/mol. The number of hydrogen-bond acceptors (Lipinski definition) is 6. The number of para-hydroxylation sites is 1. The maximum atomic E-state index is 5.28. The Morgan fingerprint density at radius 2 is 1.71 bits per heavy atom. The van der Waals surface area contributed by atoms with Crippen molar-refractivity contribution in [1.29, 1.82) is 0 Å². The summed E-state index contributed by atoms with van der Waals surface area (Å²) in [6, 6.07) is 24.7. The third-order valence-corrected chi connectivity index (χ3v) is 6.10. The van der Waals surface area contributed by atoms with Gasteiger partial charge in [0.25, 0.3) is 0 Å². The van der Waals surface area contributed by atoms with Gasteiger partial charge in [0.2, 0.25) is 5.95 Å². The largest absolute Gasteiger partial charge is 0.497 e. The van der Waals surface area contributed by atoms with Crippen molar-refractivity contribution in [2.45, 2.75) is 26.7 Å². The van der Waals surface area contributed by atoms with Crippen LogP contribution in [0.3, 0.4) is 0 Å². The Kier molecular flexibility index (Phi) is 6.04. The van der Waals surface area contributed by atoms with Gasteiger partial charge in [-0.3, -0.25) is 0 Å². The van der Waals surface area contributed by atoms with Crippen LogP contribution < -0.4 is 20.3 Å². The van der Waals surface area contributed by atoms with Gasteiger partial charge in [-0.05, 0) is 79.8 Å². The van der Waals surface area contributed by atoms with E-state index in [1.807, 2.05) is 30.3 Å². The number of aromatic nitrogens is 2. The van der Waals surface area contributed by atoms with Crippen LogP contribution in [-0.2, 0) is 6.42 Å². The molecule has 2 heterocycles. The van der Waals surface area contributed by atoms with Crippen molar-refractivity contribution in [2.24, 2.45) is 0 Å². The average Bonchev–Trinajstić information content (AvgIpc) is 2.86. The molecule has 6 nitrogen and oxygen atoms in total. The Morgan fingerprint density at radius 3 is 2.53 bits per heavy atom. The highest BCUT2D eigenvalue weighted by Crippen LogP contribution is 2.34. The van der Waals surface area contributed by atoms with Crippen LogP contribution in [-0.4, -0.2) is 23.6 Å². The van der Waals surface area contributed by atoms with Crippen LogP contribution >= 0.6 is 0 Å². The van der Waals surface area contributed by atoms with Gasteiger partial charge in [0, 0.05) is 29.7 Å². The average molecular weight is 452 g/mol. The van der Waals surface area contributed by atoms with Gasteiger partial charge in [-0.2, -0.15) is 9.97 Å². The van der Waals surface area contributed by atoms with Crippen molar-refractivity contribution < 1.29 is 4.74 Å². The van der Waals surface area contributed by atoms with E-state index in [-0.39, 0.29) is 0 Å². The second kappa shape index (κ2) is 9.43. The number of nitrogens with zero attached hydrogens (tertiary/aromatic N) is 3. The lowest BCUT2D eigenvalue weighted by Gasteiger charge is -2.30. The number of anilines is 6. The van der Waals surface area contributed by atoms with E-state index < -0.39 is 0 Å². The van der Waals surface area contributed by atoms with E-state index in [0.29, 0.717) is 5.95 Å². The lowest BCUT2D eigenvalue weighted by Crippen LogP contribution is -2.25. The highest BCUT2D eigenvalue weighted by Gasteiger charge is 2.20. The molecule has 4 aromatic rings. The highest BCUT2D eigenvalue weighted by molar-refractivity contribution is 5.71. The molecule has 0 atom stereocenters. The van der Waals surface area contributed by atoms with E-state index in [1.54, 1.807) is 7.11 Å². The molecule has 34 heavy (non-hydrogen) atoms. The molecule has 1 aromatic heterocycles. The number of methoxy groups -OCH3 is 1. The minimum Gasteiger partial charge on any atom is -0.497 e. The van der Waals surface area contributed by atoms with Crippen LogP contribution in [0.4, 0.5) is 34.6 Å². The maximum Gasteiger partial charge on any atom is 0.231 e. The van der Waals surface area contributed by atoms with Crippen LogP contribution in [0, 0.1) is 13.8 Å². The highest BCUT2D eigenvalue weighted by atomic mass is 16.5. The van der Waals surface area contributed by atoms with Crippen LogP contribution in [0.5, 0.6) is 5.75 Å². The zero-order chi connectivity index (χ0) is 23.5. The molecule has 0 unspecified atom stereocenters. The Balaban J connectivity index is 1.54. The molecule has 0 amide bonds. The van der Waals surface area contributed by atoms with Crippen LogP contribution in [0.25, 0.3) is 0 Å². The normalized spacial score (nSPS) is 12.7. The summed E-state index contributed by atoms with van der Waals surface area (Å²) in [5, 5.41) is 6.89. The smallest absolute Gasteiger partial charge is 0.231 e. The number of rotatable bonds is 6. The Bertz CT molecular complexity index is 1300. The Morgan fingerprint density at radius 1 is 0.882 bits per heavy atom. The van der Waals surface area contributed by atoms with Gasteiger partial charge >= 0.3 is 0 Å². The molecule has 1 aliphatic rings. The molecule has 0 saturated heterocycles. The number of ether oxygens (including phenoxy) is 1. The second-order valence-corrected chi connectivity index (χ2v) is 8.62. The fourth-order valence-electron chi connectivity index (χ4n) is 4.28. The van der Waals surface area contributed by atoms with E-state index >= 15 is 0 Å². The van der Waals surface area contributed by atoms with Gasteiger partial charge in [0.15, 0.2) is 0 Å². The molecule has 0 spiro atoms. The summed E-state index contributed by atoms with van der Waals surface area (Å²) < 4.78 is 5.28. The minimum atomic E-state index is 0.540. The summed E-state index contributed by atoms with van der Waals surface area (Å²) in [6.07, 6.45) is 2.17. The lowest BCUT2D eigenvalue weighted by atomic mass is 10.0. The second-order valence-electron chi connectivity index (χ2n) is 8.62. The van der Waals surface area contributed by atoms with Gasteiger partial charge in [-0.1, -0.05) is 30.3 Å². The third-order valence-electron chi connectivity index (χ3n) is 6.10. The number of benzene rings is 3. The van der Waals surface area contributed by atoms with Crippen LogP contribution in [0.2, 0.25) is 0 Å². The van der Waals surface area contributed by atoms with Crippen molar-refractivity contribution in [1.82, 2.24) is 9.97 Å². The van der Waals surface area contributed by atoms with Crippen LogP contribution in [0.1, 0.15) is 23.1 Å². The predicted molar refractivity (Wildman–Crippen MR) is 139 cm³/mol. The van der Waals surface area contributed by atoms with Crippen molar-refractivity contribution in [3.05, 3.63) is 89.5 Å². The van der Waals surface area contributed by atoms with E-state index in [2.05, 4.69) is 71.8 Å². The standard InChI is InChI=1S/C28H29N5O/c1-19-10-11-20(2)24(17-19)30-26-18-27(33-16-6-8-21-7-4-5-9-25(21)33)32-28(31-26)29-22-12-14-23(34-3)15-13-22/h4-5,7,9-15,17-18H,6,8,16H2,1-3H3,(H2,29,30,31,32). The maximum absolute atomic E-state index is 5.28. The fourth-order valence-corrected chi connectivity index (χ4v) is 4.28. The summed E-state index contributed by atoms with van der Waals surface area (Å²) in [5.74, 6) is 2.96. The molecule has 6 heteroatoms. The van der Waals surface area contributed by atoms with E-state index in [1.165, 1.54) is 22.4 Å². The van der Waals surface area contributed by atoms with Crippen molar-refractivity contribution in [3.8, 4) is 5.75 Å². The number of nitrogens with one attached hydrogen (secondary N) is 2. The molecule has 5 rings (SSSR count). The predicted octanol–water partition coefficient (Wildman–Crippen LogP) is 6.67. The molecule has 1 aliphatic heterocycles. The summed E-state index contributed by atoms with van der Waals surface area (Å²) in [5.41, 5.74) is 6.86. The van der Waals surface area contributed by atoms with Crippen molar-refractivity contribution in [3.63, 3.8) is 0 Å². The summed E-state index contributed by atoms with van der Waals surface area (Å²) >= 11 is 0. The summed E-state index contributed by atoms with van der Waals surface area (Å²) in [7, 11) is 1.66. The van der Waals surface area contributed by atoms with Crippen LogP contribution in [0.15, 0.2) is 72.8 Å². The van der Waals surface area contributed by atoms with Crippen molar-refractivity contribution in [2.75, 3.05) is 29.2 Å². The lowest BCUT2D eigenvalue weighted by molar-refractivity contribution is 0.415. The Labute approximate surface area is 200 Å². The molecule has 0 bridgehead atoms. The zero-order valence-electron chi connectivity index (χ0n) is 19.8. The SMILES string of the molecule is COc1ccc(Nc2nc(Nc3cc(C)ccc3C)cc(N3CCCc4ccccc43)n2)cc1. The van der Waals surface area contributed by atoms with Gasteiger partial charge in [-0.15, -0.1) is 0 Å². The molecule has 172 valence electrons. The van der Waals surface area contributed by atoms with Crippen molar-refractivity contribution >= 4 is 34.6 Å². The monoisotopic (exact) mass is 451 g/mol. The number of hydrogen-bond donors (Lipinski definition) is 2. The van der Waals surface area contributed by atoms with Gasteiger partial charge in [-0.25, -0.2) is 0 Å². The number of aryl methyl sites for hydroxylation is 3. The molecule has 0 radical (unpaired) electrons. The fraction of sp³-hybridized carbons (Fsp3) is 0.214. The quantitative estimate of drug-likeness (QED) is 0.341. The summed E-state index contributed by atoms with van der Waals surface area (Å²) in [6.45, 7) is 5.11. The zero-order valence-corrected chi connectivity index (χ0v) is 19.8. The van der Waals surface area contributed by atoms with Gasteiger partial charge in [0.05, 0.1) is 7.11 Å².